The fourth-order valence-corrected chi connectivity index (χ4v) is 2.80. The van der Waals surface area contributed by atoms with E-state index >= 15 is 0 Å². The van der Waals surface area contributed by atoms with Crippen molar-refractivity contribution in [1.82, 2.24) is 25.9 Å². The maximum Gasteiger partial charge on any atom is 0.326 e. The first-order valence-electron chi connectivity index (χ1n) is 10.1. The van der Waals surface area contributed by atoms with E-state index in [1.165, 1.54) is 12.5 Å². The zero-order valence-electron chi connectivity index (χ0n) is 17.4. The number of carboxylic acid groups (broad SMARTS) is 1. The Kier molecular flexibility index (Phi) is 11.6. The minimum Gasteiger partial charge on any atom is -0.480 e. The Morgan fingerprint density at radius 2 is 1.84 bits per heavy atom. The summed E-state index contributed by atoms with van der Waals surface area (Å²) in [5.41, 5.74) is 17.0. The van der Waals surface area contributed by atoms with Gasteiger partial charge in [-0.15, -0.1) is 0 Å². The van der Waals surface area contributed by atoms with Crippen molar-refractivity contribution in [3.63, 3.8) is 0 Å². The molecular weight excluding hydrogens is 406 g/mol. The number of nitrogens with one attached hydrogen (secondary N) is 5. The second-order valence-electron chi connectivity index (χ2n) is 7.10. The van der Waals surface area contributed by atoms with Gasteiger partial charge in [0, 0.05) is 19.2 Å². The fourth-order valence-electron chi connectivity index (χ4n) is 2.80. The zero-order valence-corrected chi connectivity index (χ0v) is 17.4. The summed E-state index contributed by atoms with van der Waals surface area (Å²) in [5.74, 6) is -2.58. The lowest BCUT2D eigenvalue weighted by molar-refractivity contribution is -0.142. The summed E-state index contributed by atoms with van der Waals surface area (Å²) in [7, 11) is 0. The molecule has 1 aromatic rings. The Morgan fingerprint density at radius 1 is 1.13 bits per heavy atom. The number of H-pyrrole nitrogens is 1. The van der Waals surface area contributed by atoms with Crippen LogP contribution in [0, 0.1) is 5.41 Å². The number of nitrogens with two attached hydrogens (primary N) is 3. The standard InChI is InChI=1S/C18H33N9O4/c19-6-2-1-4-12(20)15(28)26-13(5-3-7-24-18(21)22)16(29)27-14(17(30)31)8-11-9-23-10-25-11/h9-10,12-14H,1-8,19-20H2,(H,23,25)(H,26,28)(H,27,29)(H,30,31)(H4,21,22,24)/t12-,13-,14-/m0/s1. The zero-order chi connectivity index (χ0) is 23.2. The number of amides is 2. The third-order valence-electron chi connectivity index (χ3n) is 4.51. The molecule has 13 heteroatoms. The second kappa shape index (κ2) is 13.9. The minimum atomic E-state index is -1.22. The van der Waals surface area contributed by atoms with Crippen LogP contribution < -0.4 is 33.2 Å². The van der Waals surface area contributed by atoms with Crippen LogP contribution in [0.2, 0.25) is 0 Å². The van der Waals surface area contributed by atoms with Crippen LogP contribution in [0.3, 0.4) is 0 Å². The van der Waals surface area contributed by atoms with E-state index in [2.05, 4.69) is 25.9 Å². The summed E-state index contributed by atoms with van der Waals surface area (Å²) in [5, 5.41) is 24.3. The summed E-state index contributed by atoms with van der Waals surface area (Å²) in [4.78, 5) is 43.5. The minimum absolute atomic E-state index is 0.0181. The van der Waals surface area contributed by atoms with Crippen LogP contribution in [0.1, 0.15) is 37.8 Å². The number of rotatable bonds is 15. The number of imidazole rings is 1. The molecular formula is C18H33N9O4. The molecule has 0 aliphatic carbocycles. The Balaban J connectivity index is 2.76. The number of carboxylic acids is 1. The third-order valence-corrected chi connectivity index (χ3v) is 4.51. The van der Waals surface area contributed by atoms with Gasteiger partial charge in [-0.05, 0) is 32.2 Å². The smallest absolute Gasteiger partial charge is 0.326 e. The van der Waals surface area contributed by atoms with Crippen molar-refractivity contribution in [1.29, 1.82) is 5.41 Å². The van der Waals surface area contributed by atoms with Gasteiger partial charge in [-0.25, -0.2) is 9.78 Å². The monoisotopic (exact) mass is 439 g/mol. The van der Waals surface area contributed by atoms with Crippen molar-refractivity contribution >= 4 is 23.7 Å². The summed E-state index contributed by atoms with van der Waals surface area (Å²) in [6.07, 6.45) is 5.35. The first-order chi connectivity index (χ1) is 14.7. The SMILES string of the molecule is N=C(N)NCCC[C@H](NC(=O)[C@@H](N)CCCCN)C(=O)N[C@@H](Cc1c[nH]cn1)C(=O)O. The van der Waals surface area contributed by atoms with Crippen LogP contribution in [-0.4, -0.2) is 70.0 Å². The van der Waals surface area contributed by atoms with Gasteiger partial charge in [0.1, 0.15) is 12.1 Å². The topological polar surface area (TPSA) is 238 Å². The largest absolute Gasteiger partial charge is 0.480 e. The number of hydrogen-bond donors (Lipinski definition) is 9. The van der Waals surface area contributed by atoms with Gasteiger partial charge in [0.05, 0.1) is 18.1 Å². The fraction of sp³-hybridized carbons (Fsp3) is 0.611. The molecule has 174 valence electrons. The number of aromatic amines is 1. The van der Waals surface area contributed by atoms with E-state index in [0.29, 0.717) is 38.0 Å². The highest BCUT2D eigenvalue weighted by Crippen LogP contribution is 2.04. The van der Waals surface area contributed by atoms with Crippen molar-refractivity contribution < 1.29 is 19.5 Å². The van der Waals surface area contributed by atoms with Gasteiger partial charge >= 0.3 is 5.97 Å². The Hall–Kier alpha value is -3.19. The molecule has 0 bridgehead atoms. The number of hydrogen-bond acceptors (Lipinski definition) is 7. The summed E-state index contributed by atoms with van der Waals surface area (Å²) >= 11 is 0. The van der Waals surface area contributed by atoms with E-state index in [0.717, 1.165) is 6.42 Å². The van der Waals surface area contributed by atoms with Gasteiger partial charge in [-0.1, -0.05) is 6.42 Å². The Bertz CT molecular complexity index is 711. The van der Waals surface area contributed by atoms with Crippen LogP contribution >= 0.6 is 0 Å². The van der Waals surface area contributed by atoms with Crippen LogP contribution in [0.5, 0.6) is 0 Å². The molecule has 1 heterocycles. The van der Waals surface area contributed by atoms with Gasteiger partial charge in [0.25, 0.3) is 0 Å². The number of nitrogens with zero attached hydrogens (tertiary/aromatic N) is 1. The van der Waals surface area contributed by atoms with Gasteiger partial charge in [0.2, 0.25) is 11.8 Å². The quantitative estimate of drug-likeness (QED) is 0.0811. The van der Waals surface area contributed by atoms with Crippen LogP contribution in [0.15, 0.2) is 12.5 Å². The number of carbonyl (C=O) groups excluding carboxylic acids is 2. The predicted octanol–water partition coefficient (Wildman–Crippen LogP) is -2.27. The molecule has 12 N–H and O–H groups in total. The number of carbonyl (C=O) groups is 3. The van der Waals surface area contributed by atoms with Crippen molar-refractivity contribution in [3.8, 4) is 0 Å². The van der Waals surface area contributed by atoms with Crippen LogP contribution in [0.4, 0.5) is 0 Å². The average molecular weight is 440 g/mol. The maximum absolute atomic E-state index is 12.8. The predicted molar refractivity (Wildman–Crippen MR) is 114 cm³/mol. The molecule has 0 radical (unpaired) electrons. The molecule has 2 amide bonds. The van der Waals surface area contributed by atoms with E-state index in [9.17, 15) is 19.5 Å². The highest BCUT2D eigenvalue weighted by Gasteiger charge is 2.28. The Morgan fingerprint density at radius 3 is 2.42 bits per heavy atom. The van der Waals surface area contributed by atoms with Crippen LogP contribution in [0.25, 0.3) is 0 Å². The summed E-state index contributed by atoms with van der Waals surface area (Å²) in [6, 6.07) is -3.02. The lowest BCUT2D eigenvalue weighted by Gasteiger charge is -2.23. The normalized spacial score (nSPS) is 13.6. The number of unbranched alkanes of at least 4 members (excludes halogenated alkanes) is 1. The summed E-state index contributed by atoms with van der Waals surface area (Å²) in [6.45, 7) is 0.808. The molecule has 0 saturated heterocycles. The van der Waals surface area contributed by atoms with E-state index in [1.807, 2.05) is 0 Å². The van der Waals surface area contributed by atoms with Crippen LogP contribution in [-0.2, 0) is 20.8 Å². The van der Waals surface area contributed by atoms with Crippen molar-refractivity contribution in [2.45, 2.75) is 56.7 Å². The molecule has 3 atom stereocenters. The lowest BCUT2D eigenvalue weighted by atomic mass is 10.1. The lowest BCUT2D eigenvalue weighted by Crippen LogP contribution is -2.55. The van der Waals surface area contributed by atoms with Gasteiger partial charge in [-0.3, -0.25) is 15.0 Å². The number of aliphatic carboxylic acids is 1. The first-order valence-corrected chi connectivity index (χ1v) is 10.1. The van der Waals surface area contributed by atoms with E-state index < -0.39 is 35.9 Å². The van der Waals surface area contributed by atoms with Gasteiger partial charge in [-0.2, -0.15) is 0 Å². The molecule has 0 spiro atoms. The van der Waals surface area contributed by atoms with Crippen molar-refractivity contribution in [3.05, 3.63) is 18.2 Å². The molecule has 0 aliphatic heterocycles. The maximum atomic E-state index is 12.8. The highest BCUT2D eigenvalue weighted by molar-refractivity contribution is 5.91. The molecule has 1 rings (SSSR count). The molecule has 0 unspecified atom stereocenters. The Labute approximate surface area is 180 Å². The van der Waals surface area contributed by atoms with Gasteiger partial charge in [0.15, 0.2) is 5.96 Å². The first kappa shape index (κ1) is 25.8. The number of guanidine groups is 1. The third kappa shape index (κ3) is 10.4. The molecule has 0 fully saturated rings. The molecule has 31 heavy (non-hydrogen) atoms. The molecule has 0 saturated carbocycles. The summed E-state index contributed by atoms with van der Waals surface area (Å²) < 4.78 is 0. The molecule has 13 nitrogen and oxygen atoms in total. The van der Waals surface area contributed by atoms with E-state index in [-0.39, 0.29) is 18.8 Å². The van der Waals surface area contributed by atoms with E-state index in [4.69, 9.17) is 22.6 Å². The van der Waals surface area contributed by atoms with E-state index in [1.54, 1.807) is 0 Å². The van der Waals surface area contributed by atoms with Crippen molar-refractivity contribution in [2.75, 3.05) is 13.1 Å². The average Bonchev–Trinajstić information content (AvgIpc) is 3.22. The molecule has 0 aliphatic rings. The van der Waals surface area contributed by atoms with Crippen molar-refractivity contribution in [2.24, 2.45) is 17.2 Å². The second-order valence-corrected chi connectivity index (χ2v) is 7.10. The molecule has 0 aromatic carbocycles. The number of aromatic nitrogens is 2. The molecule has 1 aromatic heterocycles. The highest BCUT2D eigenvalue weighted by atomic mass is 16.4. The van der Waals surface area contributed by atoms with Gasteiger partial charge < -0.3 is 43.2 Å².